The van der Waals surface area contributed by atoms with Crippen LogP contribution in [0.15, 0.2) is 49.1 Å². The van der Waals surface area contributed by atoms with Crippen LogP contribution < -0.4 is 5.32 Å². The topological polar surface area (TPSA) is 60.0 Å². The maximum atomic E-state index is 14.1. The van der Waals surface area contributed by atoms with Gasteiger partial charge in [-0.05, 0) is 44.0 Å². The van der Waals surface area contributed by atoms with Gasteiger partial charge in [0.1, 0.15) is 24.7 Å². The Bertz CT molecular complexity index is 1210. The average molecular weight is 419 g/mol. The molecule has 0 bridgehead atoms. The molecule has 1 atom stereocenters. The maximum absolute atomic E-state index is 14.1. The number of hydrogen-bond donors (Lipinski definition) is 1. The van der Waals surface area contributed by atoms with Crippen molar-refractivity contribution in [2.75, 3.05) is 5.32 Å². The van der Waals surface area contributed by atoms with E-state index in [0.29, 0.717) is 17.5 Å². The van der Waals surface area contributed by atoms with Crippen molar-refractivity contribution in [2.45, 2.75) is 44.5 Å². The van der Waals surface area contributed by atoms with Crippen molar-refractivity contribution in [1.82, 2.24) is 24.4 Å². The van der Waals surface area contributed by atoms with Gasteiger partial charge in [-0.15, -0.1) is 0 Å². The molecule has 1 aliphatic rings. The minimum Gasteiger partial charge on any atom is -0.363 e. The Hall–Kier alpha value is -3.23. The number of nitrogens with zero attached hydrogens (tertiary/aromatic N) is 5. The second-order valence-electron chi connectivity index (χ2n) is 7.98. The molecule has 3 aromatic heterocycles. The van der Waals surface area contributed by atoms with Crippen molar-refractivity contribution in [3.8, 4) is 11.1 Å². The van der Waals surface area contributed by atoms with Gasteiger partial charge in [0.2, 0.25) is 0 Å². The van der Waals surface area contributed by atoms with Crippen LogP contribution in [0.1, 0.15) is 37.4 Å². The van der Waals surface area contributed by atoms with E-state index >= 15 is 0 Å². The van der Waals surface area contributed by atoms with E-state index in [-0.39, 0.29) is 5.56 Å². The van der Waals surface area contributed by atoms with E-state index < -0.39 is 17.7 Å². The highest BCUT2D eigenvalue weighted by atomic mass is 19.1. The molecule has 1 saturated heterocycles. The van der Waals surface area contributed by atoms with Gasteiger partial charge in [-0.25, -0.2) is 18.3 Å². The molecule has 1 unspecified atom stereocenters. The normalized spacial score (nSPS) is 15.7. The summed E-state index contributed by atoms with van der Waals surface area (Å²) >= 11 is 0. The second-order valence-corrected chi connectivity index (χ2v) is 7.98. The molecule has 157 valence electrons. The first kappa shape index (κ1) is 19.7. The summed E-state index contributed by atoms with van der Waals surface area (Å²) in [4.78, 5) is 4.68. The van der Waals surface area contributed by atoms with E-state index in [0.717, 1.165) is 48.7 Å². The minimum absolute atomic E-state index is 0.251. The number of anilines is 1. The number of halogens is 2. The molecule has 1 aliphatic heterocycles. The zero-order valence-corrected chi connectivity index (χ0v) is 17.2. The van der Waals surface area contributed by atoms with Crippen LogP contribution in [0.2, 0.25) is 12.6 Å². The molecule has 31 heavy (non-hydrogen) atoms. The number of aromatic nitrogens is 5. The van der Waals surface area contributed by atoms with Crippen LogP contribution in [0.5, 0.6) is 0 Å². The Kier molecular flexibility index (Phi) is 5.17. The lowest BCUT2D eigenvalue weighted by Crippen LogP contribution is -2.15. The van der Waals surface area contributed by atoms with Crippen LogP contribution >= 0.6 is 0 Å². The first-order valence-corrected chi connectivity index (χ1v) is 10.5. The van der Waals surface area contributed by atoms with E-state index in [4.69, 9.17) is 0 Å². The van der Waals surface area contributed by atoms with Gasteiger partial charge in [-0.1, -0.05) is 12.6 Å². The number of hydrogen-bond acceptors (Lipinski definition) is 4. The van der Waals surface area contributed by atoms with Crippen molar-refractivity contribution >= 4 is 18.7 Å². The molecule has 0 saturated carbocycles. The summed E-state index contributed by atoms with van der Waals surface area (Å²) in [5.74, 6) is -0.375. The van der Waals surface area contributed by atoms with Gasteiger partial charge in [0, 0.05) is 29.1 Å². The third-order valence-electron chi connectivity index (χ3n) is 5.85. The summed E-state index contributed by atoms with van der Waals surface area (Å²) in [6, 6.07) is 5.18. The molecule has 1 radical (unpaired) electrons. The summed E-state index contributed by atoms with van der Waals surface area (Å²) in [6.45, 7) is 1.77. The SMILES string of the molecule is CC(Nc1ccn2ncc(-c3cnn(C4CC[B]CC4)c3)c2n1)c1cc(F)ccc1F. The Morgan fingerprint density at radius 1 is 1.13 bits per heavy atom. The summed E-state index contributed by atoms with van der Waals surface area (Å²) in [5.41, 5.74) is 2.76. The van der Waals surface area contributed by atoms with Crippen LogP contribution in [0.3, 0.4) is 0 Å². The predicted molar refractivity (Wildman–Crippen MR) is 116 cm³/mol. The molecule has 4 heterocycles. The highest BCUT2D eigenvalue weighted by Crippen LogP contribution is 2.29. The highest BCUT2D eigenvalue weighted by Gasteiger charge is 2.19. The Balaban J connectivity index is 1.42. The van der Waals surface area contributed by atoms with Crippen LogP contribution in [0.4, 0.5) is 14.6 Å². The molecule has 1 aromatic carbocycles. The molecule has 9 heteroatoms. The fourth-order valence-electron chi connectivity index (χ4n) is 4.15. The zero-order valence-electron chi connectivity index (χ0n) is 17.2. The van der Waals surface area contributed by atoms with Crippen molar-refractivity contribution in [2.24, 2.45) is 0 Å². The quantitative estimate of drug-likeness (QED) is 0.467. The van der Waals surface area contributed by atoms with Gasteiger partial charge in [-0.2, -0.15) is 10.2 Å². The minimum atomic E-state index is -0.473. The molecule has 5 rings (SSSR count). The lowest BCUT2D eigenvalue weighted by molar-refractivity contribution is 0.416. The second kappa shape index (κ2) is 8.13. The molecule has 1 fully saturated rings. The summed E-state index contributed by atoms with van der Waals surface area (Å²) < 4.78 is 31.4. The lowest BCUT2D eigenvalue weighted by Gasteiger charge is -2.21. The Labute approximate surface area is 179 Å². The first-order chi connectivity index (χ1) is 15.1. The number of nitrogens with one attached hydrogen (secondary N) is 1. The predicted octanol–water partition coefficient (Wildman–Crippen LogP) is 4.92. The Morgan fingerprint density at radius 3 is 2.81 bits per heavy atom. The fraction of sp³-hybridized carbons (Fsp3) is 0.318. The third-order valence-corrected chi connectivity index (χ3v) is 5.85. The molecule has 4 aromatic rings. The molecular weight excluding hydrogens is 397 g/mol. The van der Waals surface area contributed by atoms with E-state index in [1.54, 1.807) is 29.9 Å². The molecule has 0 spiro atoms. The van der Waals surface area contributed by atoms with E-state index in [9.17, 15) is 8.78 Å². The highest BCUT2D eigenvalue weighted by molar-refractivity contribution is 6.35. The monoisotopic (exact) mass is 419 g/mol. The van der Waals surface area contributed by atoms with Crippen LogP contribution in [0.25, 0.3) is 16.8 Å². The first-order valence-electron chi connectivity index (χ1n) is 10.5. The summed E-state index contributed by atoms with van der Waals surface area (Å²) in [6.07, 6.45) is 11.9. The van der Waals surface area contributed by atoms with Gasteiger partial charge in [0.15, 0.2) is 5.65 Å². The Morgan fingerprint density at radius 2 is 1.97 bits per heavy atom. The van der Waals surface area contributed by atoms with Gasteiger partial charge in [0.25, 0.3) is 0 Å². The molecule has 6 nitrogen and oxygen atoms in total. The van der Waals surface area contributed by atoms with E-state index in [1.165, 1.54) is 6.07 Å². The molecule has 0 amide bonds. The maximum Gasteiger partial charge on any atom is 0.165 e. The van der Waals surface area contributed by atoms with Crippen molar-refractivity contribution in [3.05, 3.63) is 66.3 Å². The lowest BCUT2D eigenvalue weighted by atomic mass is 9.63. The van der Waals surface area contributed by atoms with Crippen molar-refractivity contribution in [3.63, 3.8) is 0 Å². The third kappa shape index (κ3) is 3.92. The van der Waals surface area contributed by atoms with Crippen LogP contribution in [-0.2, 0) is 0 Å². The van der Waals surface area contributed by atoms with Crippen molar-refractivity contribution < 1.29 is 8.78 Å². The van der Waals surface area contributed by atoms with E-state index in [2.05, 4.69) is 34.0 Å². The van der Waals surface area contributed by atoms with Crippen LogP contribution in [-0.4, -0.2) is 31.7 Å². The summed E-state index contributed by atoms with van der Waals surface area (Å²) in [7, 11) is 2.33. The fourth-order valence-corrected chi connectivity index (χ4v) is 4.15. The number of benzene rings is 1. The van der Waals surface area contributed by atoms with Gasteiger partial charge in [0.05, 0.1) is 24.5 Å². The smallest absolute Gasteiger partial charge is 0.165 e. The molecule has 0 aliphatic carbocycles. The van der Waals surface area contributed by atoms with Gasteiger partial charge in [-0.3, -0.25) is 4.68 Å². The van der Waals surface area contributed by atoms with E-state index in [1.807, 2.05) is 10.9 Å². The summed E-state index contributed by atoms with van der Waals surface area (Å²) in [5, 5.41) is 12.1. The zero-order chi connectivity index (χ0) is 21.4. The van der Waals surface area contributed by atoms with Crippen LogP contribution in [0, 0.1) is 11.6 Å². The molecule has 1 N–H and O–H groups in total. The average Bonchev–Trinajstić information content (AvgIpc) is 3.43. The molecular formula is C22H22BF2N6. The van der Waals surface area contributed by atoms with Gasteiger partial charge < -0.3 is 5.32 Å². The van der Waals surface area contributed by atoms with Gasteiger partial charge >= 0.3 is 0 Å². The standard InChI is InChI=1S/C22H22BF2N6/c1-14(18-10-16(24)2-3-20(18)25)28-21-6-9-30-22(29-21)19(12-27-30)15-11-26-31(13-15)17-4-7-23-8-5-17/h2-3,6,9-14,17H,4-5,7-8H2,1H3,(H,28,29). The number of rotatable bonds is 5. The number of fused-ring (bicyclic) bond motifs is 1. The van der Waals surface area contributed by atoms with Crippen molar-refractivity contribution in [1.29, 1.82) is 0 Å². The largest absolute Gasteiger partial charge is 0.363 e.